The van der Waals surface area contributed by atoms with E-state index in [1.54, 1.807) is 0 Å². The van der Waals surface area contributed by atoms with Gasteiger partial charge in [-0.25, -0.2) is 9.97 Å². The highest BCUT2D eigenvalue weighted by atomic mass is 19.4. The van der Waals surface area contributed by atoms with Crippen LogP contribution in [0.1, 0.15) is 43.0 Å². The minimum atomic E-state index is -4.50. The average molecular weight is 273 g/mol. The number of hydrogen-bond acceptors (Lipinski definition) is 3. The molecule has 104 valence electrons. The van der Waals surface area contributed by atoms with Crippen molar-refractivity contribution in [2.24, 2.45) is 0 Å². The lowest BCUT2D eigenvalue weighted by Crippen LogP contribution is -2.29. The number of nitrogens with zero attached hydrogens (tertiary/aromatic N) is 3. The molecule has 1 aromatic rings. The number of carbonyl (C=O) groups is 1. The molecule has 0 bridgehead atoms. The average Bonchev–Trinajstić information content (AvgIpc) is 2.75. The Morgan fingerprint density at radius 3 is 2.68 bits per heavy atom. The Morgan fingerprint density at radius 2 is 2.11 bits per heavy atom. The van der Waals surface area contributed by atoms with Crippen molar-refractivity contribution in [2.75, 3.05) is 6.54 Å². The molecule has 1 aliphatic rings. The van der Waals surface area contributed by atoms with E-state index in [0.29, 0.717) is 13.0 Å². The largest absolute Gasteiger partial charge is 0.433 e. The van der Waals surface area contributed by atoms with Crippen molar-refractivity contribution < 1.29 is 18.0 Å². The van der Waals surface area contributed by atoms with E-state index in [-0.39, 0.29) is 17.4 Å². The zero-order chi connectivity index (χ0) is 14.2. The Balaban J connectivity index is 2.40. The van der Waals surface area contributed by atoms with E-state index in [9.17, 15) is 18.0 Å². The highest BCUT2D eigenvalue weighted by Crippen LogP contribution is 2.33. The van der Waals surface area contributed by atoms with E-state index in [2.05, 4.69) is 9.97 Å². The van der Waals surface area contributed by atoms with Crippen LogP contribution < -0.4 is 0 Å². The second kappa shape index (κ2) is 4.79. The summed E-state index contributed by atoms with van der Waals surface area (Å²) < 4.78 is 38.2. The molecule has 1 amide bonds. The van der Waals surface area contributed by atoms with Gasteiger partial charge in [0, 0.05) is 19.2 Å². The molecule has 1 atom stereocenters. The summed E-state index contributed by atoms with van der Waals surface area (Å²) in [5.74, 6) is -0.0822. The first-order valence-electron chi connectivity index (χ1n) is 5.99. The third-order valence-electron chi connectivity index (χ3n) is 3.12. The van der Waals surface area contributed by atoms with Gasteiger partial charge in [0.1, 0.15) is 5.69 Å². The molecular weight excluding hydrogens is 259 g/mol. The fraction of sp³-hybridized carbons (Fsp3) is 0.583. The van der Waals surface area contributed by atoms with Crippen molar-refractivity contribution in [1.29, 1.82) is 0 Å². The number of halogens is 3. The Morgan fingerprint density at radius 1 is 1.42 bits per heavy atom. The highest BCUT2D eigenvalue weighted by molar-refractivity contribution is 5.74. The molecule has 1 aliphatic heterocycles. The van der Waals surface area contributed by atoms with E-state index >= 15 is 0 Å². The Kier molecular flexibility index (Phi) is 3.47. The van der Waals surface area contributed by atoms with E-state index < -0.39 is 17.9 Å². The number of aryl methyl sites for hydroxylation is 1. The molecule has 4 nitrogen and oxygen atoms in total. The normalized spacial score (nSPS) is 19.8. The molecule has 7 heteroatoms. The first-order chi connectivity index (χ1) is 8.79. The quantitative estimate of drug-likeness (QED) is 0.789. The van der Waals surface area contributed by atoms with Crippen LogP contribution in [0.4, 0.5) is 13.2 Å². The number of alkyl halides is 3. The summed E-state index contributed by atoms with van der Waals surface area (Å²) in [4.78, 5) is 20.6. The fourth-order valence-corrected chi connectivity index (χ4v) is 2.30. The molecule has 1 aromatic heterocycles. The monoisotopic (exact) mass is 273 g/mol. The van der Waals surface area contributed by atoms with Gasteiger partial charge in [-0.15, -0.1) is 0 Å². The van der Waals surface area contributed by atoms with E-state index in [1.165, 1.54) is 18.7 Å². The second-order valence-electron chi connectivity index (χ2n) is 4.62. The molecule has 0 N–H and O–H groups in total. The van der Waals surface area contributed by atoms with Crippen molar-refractivity contribution in [3.63, 3.8) is 0 Å². The SMILES string of the molecule is CC(=O)N1CCC[C@H]1c1nc(C)cc(C(F)(F)F)n1. The number of carbonyl (C=O) groups excluding carboxylic acids is 1. The molecule has 2 heterocycles. The van der Waals surface area contributed by atoms with Gasteiger partial charge in [0.05, 0.1) is 6.04 Å². The van der Waals surface area contributed by atoms with Gasteiger partial charge in [-0.2, -0.15) is 13.2 Å². The maximum absolute atomic E-state index is 12.7. The van der Waals surface area contributed by atoms with Crippen LogP contribution in [0.5, 0.6) is 0 Å². The number of rotatable bonds is 1. The first kappa shape index (κ1) is 13.8. The van der Waals surface area contributed by atoms with Crippen molar-refractivity contribution >= 4 is 5.91 Å². The van der Waals surface area contributed by atoms with Gasteiger partial charge in [0.15, 0.2) is 5.82 Å². The van der Waals surface area contributed by atoms with Gasteiger partial charge in [0.2, 0.25) is 5.91 Å². The summed E-state index contributed by atoms with van der Waals surface area (Å²) >= 11 is 0. The molecule has 0 unspecified atom stereocenters. The van der Waals surface area contributed by atoms with Crippen LogP contribution in [0.2, 0.25) is 0 Å². The first-order valence-corrected chi connectivity index (χ1v) is 5.99. The molecule has 0 radical (unpaired) electrons. The Labute approximate surface area is 108 Å². The molecule has 2 rings (SSSR count). The molecule has 1 saturated heterocycles. The lowest BCUT2D eigenvalue weighted by atomic mass is 10.2. The Bertz CT molecular complexity index is 501. The number of hydrogen-bond donors (Lipinski definition) is 0. The third kappa shape index (κ3) is 2.85. The van der Waals surface area contributed by atoms with Gasteiger partial charge in [0.25, 0.3) is 0 Å². The molecule has 1 fully saturated rings. The zero-order valence-corrected chi connectivity index (χ0v) is 10.7. The molecule has 0 saturated carbocycles. The van der Waals surface area contributed by atoms with Crippen LogP contribution in [0.25, 0.3) is 0 Å². The third-order valence-corrected chi connectivity index (χ3v) is 3.12. The van der Waals surface area contributed by atoms with Crippen LogP contribution in [0.15, 0.2) is 6.07 Å². The number of likely N-dealkylation sites (tertiary alicyclic amines) is 1. The van der Waals surface area contributed by atoms with Crippen LogP contribution in [-0.4, -0.2) is 27.3 Å². The van der Waals surface area contributed by atoms with Crippen LogP contribution in [-0.2, 0) is 11.0 Å². The minimum Gasteiger partial charge on any atom is -0.333 e. The zero-order valence-electron chi connectivity index (χ0n) is 10.7. The van der Waals surface area contributed by atoms with Gasteiger partial charge in [-0.05, 0) is 25.8 Å². The minimum absolute atomic E-state index is 0.0834. The van der Waals surface area contributed by atoms with Gasteiger partial charge in [-0.1, -0.05) is 0 Å². The Hall–Kier alpha value is -1.66. The fourth-order valence-electron chi connectivity index (χ4n) is 2.30. The lowest BCUT2D eigenvalue weighted by molar-refractivity contribution is -0.141. The second-order valence-corrected chi connectivity index (χ2v) is 4.62. The van der Waals surface area contributed by atoms with Crippen molar-refractivity contribution in [3.8, 4) is 0 Å². The predicted molar refractivity (Wildman–Crippen MR) is 61.1 cm³/mol. The van der Waals surface area contributed by atoms with Crippen molar-refractivity contribution in [3.05, 3.63) is 23.3 Å². The topological polar surface area (TPSA) is 46.1 Å². The van der Waals surface area contributed by atoms with E-state index in [1.807, 2.05) is 0 Å². The summed E-state index contributed by atoms with van der Waals surface area (Å²) in [6.45, 7) is 3.44. The molecule has 0 aliphatic carbocycles. The van der Waals surface area contributed by atoms with Crippen molar-refractivity contribution in [1.82, 2.24) is 14.9 Å². The van der Waals surface area contributed by atoms with Crippen LogP contribution >= 0.6 is 0 Å². The van der Waals surface area contributed by atoms with E-state index in [4.69, 9.17) is 0 Å². The highest BCUT2D eigenvalue weighted by Gasteiger charge is 2.36. The van der Waals surface area contributed by atoms with Crippen molar-refractivity contribution in [2.45, 2.75) is 38.9 Å². The van der Waals surface area contributed by atoms with Gasteiger partial charge < -0.3 is 4.90 Å². The standard InChI is InChI=1S/C12H14F3N3O/c1-7-6-10(12(13,14)15)17-11(16-7)9-4-3-5-18(9)8(2)19/h6,9H,3-5H2,1-2H3/t9-/m0/s1. The van der Waals surface area contributed by atoms with Crippen LogP contribution in [0, 0.1) is 6.92 Å². The lowest BCUT2D eigenvalue weighted by Gasteiger charge is -2.22. The number of amides is 1. The summed E-state index contributed by atoms with van der Waals surface area (Å²) in [6, 6.07) is 0.467. The molecular formula is C12H14F3N3O. The number of aromatic nitrogens is 2. The summed E-state index contributed by atoms with van der Waals surface area (Å²) in [5.41, 5.74) is -0.696. The summed E-state index contributed by atoms with van der Waals surface area (Å²) in [7, 11) is 0. The molecule has 0 spiro atoms. The predicted octanol–water partition coefficient (Wildman–Crippen LogP) is 2.49. The summed E-state index contributed by atoms with van der Waals surface area (Å²) in [6.07, 6.45) is -3.15. The summed E-state index contributed by atoms with van der Waals surface area (Å²) in [5, 5.41) is 0. The maximum Gasteiger partial charge on any atom is 0.433 e. The van der Waals surface area contributed by atoms with E-state index in [0.717, 1.165) is 12.5 Å². The van der Waals surface area contributed by atoms with Crippen LogP contribution in [0.3, 0.4) is 0 Å². The van der Waals surface area contributed by atoms with Gasteiger partial charge >= 0.3 is 6.18 Å². The smallest absolute Gasteiger partial charge is 0.333 e. The maximum atomic E-state index is 12.7. The van der Waals surface area contributed by atoms with Gasteiger partial charge in [-0.3, -0.25) is 4.79 Å². The molecule has 0 aromatic carbocycles. The molecule has 19 heavy (non-hydrogen) atoms.